The van der Waals surface area contributed by atoms with Crippen LogP contribution in [0.5, 0.6) is 0 Å². The number of rotatable bonds is 12. The standard InChI is InChI=1S/C26H34Cl2F3N3O5S2.CO2/c1-8-18(26(29,30)31)34-41(37,38)17-10-9-15(19(27)20(17)28)21-16(12-25(5,6)39-7)33-23(40-21)22(36)32-13-14(35)11-24(2,3)4;2-1-3/h9-10,18,34H,8,11-13H2,1-7H3,(H,32,36);/t18-;/m0./s1. The highest BCUT2D eigenvalue weighted by Crippen LogP contribution is 2.42. The molecule has 17 heteroatoms. The lowest BCUT2D eigenvalue weighted by Gasteiger charge is -2.22. The molecule has 1 aromatic carbocycles. The number of aromatic nitrogens is 1. The summed E-state index contributed by atoms with van der Waals surface area (Å²) in [6.07, 6.45) is -4.61. The molecule has 1 amide bonds. The lowest BCUT2D eigenvalue weighted by atomic mass is 9.90. The lowest BCUT2D eigenvalue weighted by Crippen LogP contribution is -2.44. The van der Waals surface area contributed by atoms with Crippen LogP contribution in [0.25, 0.3) is 10.4 Å². The summed E-state index contributed by atoms with van der Waals surface area (Å²) in [4.78, 5) is 45.6. The Balaban J connectivity index is 0.00000309. The van der Waals surface area contributed by atoms with E-state index in [4.69, 9.17) is 37.5 Å². The van der Waals surface area contributed by atoms with Crippen molar-refractivity contribution >= 4 is 62.4 Å². The van der Waals surface area contributed by atoms with E-state index in [9.17, 15) is 31.2 Å². The molecular weight excluding hydrogens is 670 g/mol. The van der Waals surface area contributed by atoms with Crippen LogP contribution >= 0.6 is 34.5 Å². The van der Waals surface area contributed by atoms with E-state index in [0.717, 1.165) is 17.4 Å². The Hall–Kier alpha value is -2.39. The summed E-state index contributed by atoms with van der Waals surface area (Å²) in [6.45, 7) is 10.3. The monoisotopic (exact) mass is 703 g/mol. The highest BCUT2D eigenvalue weighted by atomic mass is 35.5. The molecule has 0 radical (unpaired) electrons. The van der Waals surface area contributed by atoms with Crippen LogP contribution in [0.1, 0.15) is 69.9 Å². The van der Waals surface area contributed by atoms with E-state index in [2.05, 4.69) is 10.3 Å². The highest BCUT2D eigenvalue weighted by molar-refractivity contribution is 7.89. The topological polar surface area (TPSA) is 149 Å². The van der Waals surface area contributed by atoms with E-state index in [1.165, 1.54) is 20.1 Å². The number of benzene rings is 1. The first-order valence-corrected chi connectivity index (χ1v) is 16.0. The number of methoxy groups -OCH3 is 1. The van der Waals surface area contributed by atoms with Crippen molar-refractivity contribution in [3.8, 4) is 10.4 Å². The van der Waals surface area contributed by atoms with E-state index in [1.807, 2.05) is 20.8 Å². The number of thiazole rings is 1. The number of carbonyl (C=O) groups excluding carboxylic acids is 4. The van der Waals surface area contributed by atoms with E-state index in [1.54, 1.807) is 18.6 Å². The van der Waals surface area contributed by atoms with Gasteiger partial charge in [-0.05, 0) is 31.7 Å². The van der Waals surface area contributed by atoms with Crippen molar-refractivity contribution < 1.29 is 45.5 Å². The summed E-state index contributed by atoms with van der Waals surface area (Å²) in [6, 6.07) is 0.0239. The summed E-state index contributed by atoms with van der Waals surface area (Å²) < 4.78 is 72.4. The van der Waals surface area contributed by atoms with Gasteiger partial charge in [0.25, 0.3) is 5.91 Å². The molecule has 1 atom stereocenters. The van der Waals surface area contributed by atoms with Gasteiger partial charge < -0.3 is 10.1 Å². The van der Waals surface area contributed by atoms with Crippen LogP contribution in [0.2, 0.25) is 10.0 Å². The average Bonchev–Trinajstić information content (AvgIpc) is 3.28. The summed E-state index contributed by atoms with van der Waals surface area (Å²) in [7, 11) is -3.20. The Bertz CT molecular complexity index is 1480. The van der Waals surface area contributed by atoms with Gasteiger partial charge in [0, 0.05) is 25.5 Å². The van der Waals surface area contributed by atoms with E-state index in [-0.39, 0.29) is 52.3 Å². The average molecular weight is 705 g/mol. The molecule has 0 spiro atoms. The zero-order valence-corrected chi connectivity index (χ0v) is 28.2. The van der Waals surface area contributed by atoms with Crippen LogP contribution < -0.4 is 10.0 Å². The predicted octanol–water partition coefficient (Wildman–Crippen LogP) is 5.86. The summed E-state index contributed by atoms with van der Waals surface area (Å²) in [5.74, 6) is -0.747. The van der Waals surface area contributed by atoms with Crippen LogP contribution in [0, 0.1) is 5.41 Å². The second-order valence-electron chi connectivity index (χ2n) is 11.3. The molecular formula is C27H34Cl2F3N3O7S2. The van der Waals surface area contributed by atoms with Crippen molar-refractivity contribution in [3.05, 3.63) is 32.9 Å². The number of carbonyl (C=O) groups is 2. The molecule has 1 heterocycles. The molecule has 2 aromatic rings. The van der Waals surface area contributed by atoms with Crippen molar-refractivity contribution in [2.24, 2.45) is 5.41 Å². The number of hydrogen-bond acceptors (Lipinski definition) is 9. The fourth-order valence-corrected chi connectivity index (χ4v) is 6.97. The molecule has 0 saturated carbocycles. The van der Waals surface area contributed by atoms with Crippen molar-refractivity contribution in [2.45, 2.75) is 83.5 Å². The fourth-order valence-electron chi connectivity index (χ4n) is 3.71. The van der Waals surface area contributed by atoms with Crippen molar-refractivity contribution in [1.29, 1.82) is 0 Å². The Morgan fingerprint density at radius 3 is 2.14 bits per heavy atom. The molecule has 0 saturated heterocycles. The van der Waals surface area contributed by atoms with Crippen LogP contribution in [0.15, 0.2) is 17.0 Å². The number of nitrogens with one attached hydrogen (secondary N) is 2. The fraction of sp³-hybridized carbons (Fsp3) is 0.556. The highest BCUT2D eigenvalue weighted by Gasteiger charge is 2.41. The minimum absolute atomic E-state index is 0.0204. The number of hydrogen-bond donors (Lipinski definition) is 2. The molecule has 0 aliphatic carbocycles. The minimum atomic E-state index is -4.81. The Morgan fingerprint density at radius 2 is 1.66 bits per heavy atom. The van der Waals surface area contributed by atoms with E-state index >= 15 is 0 Å². The molecule has 2 rings (SSSR count). The van der Waals surface area contributed by atoms with Crippen LogP contribution in [0.3, 0.4) is 0 Å². The number of sulfonamides is 1. The number of nitrogens with zero attached hydrogens (tertiary/aromatic N) is 1. The molecule has 44 heavy (non-hydrogen) atoms. The minimum Gasteiger partial charge on any atom is -0.378 e. The van der Waals surface area contributed by atoms with Gasteiger partial charge in [0.05, 0.1) is 32.8 Å². The second-order valence-corrected chi connectivity index (χ2v) is 14.8. The maximum absolute atomic E-state index is 13.2. The van der Waals surface area contributed by atoms with Gasteiger partial charge in [0.15, 0.2) is 10.8 Å². The van der Waals surface area contributed by atoms with Crippen molar-refractivity contribution in [1.82, 2.24) is 15.0 Å². The zero-order chi connectivity index (χ0) is 34.3. The summed E-state index contributed by atoms with van der Waals surface area (Å²) >= 11 is 13.7. The van der Waals surface area contributed by atoms with Gasteiger partial charge in [-0.1, -0.05) is 57.0 Å². The van der Waals surface area contributed by atoms with E-state index < -0.39 is 50.1 Å². The Morgan fingerprint density at radius 1 is 1.09 bits per heavy atom. The quantitative estimate of drug-likeness (QED) is 0.280. The van der Waals surface area contributed by atoms with Crippen molar-refractivity contribution in [2.75, 3.05) is 13.7 Å². The predicted molar refractivity (Wildman–Crippen MR) is 159 cm³/mol. The second kappa shape index (κ2) is 15.7. The van der Waals surface area contributed by atoms with Gasteiger partial charge in [0.2, 0.25) is 10.0 Å². The van der Waals surface area contributed by atoms with Gasteiger partial charge in [-0.2, -0.15) is 27.5 Å². The van der Waals surface area contributed by atoms with Gasteiger partial charge >= 0.3 is 12.3 Å². The molecule has 2 N–H and O–H groups in total. The first-order valence-electron chi connectivity index (χ1n) is 12.9. The van der Waals surface area contributed by atoms with Crippen LogP contribution in [-0.2, 0) is 35.6 Å². The molecule has 10 nitrogen and oxygen atoms in total. The van der Waals surface area contributed by atoms with Gasteiger partial charge in [-0.3, -0.25) is 9.59 Å². The molecule has 1 aromatic heterocycles. The van der Waals surface area contributed by atoms with Crippen molar-refractivity contribution in [3.63, 3.8) is 0 Å². The Kier molecular flexibility index (Phi) is 14.2. The molecule has 0 fully saturated rings. The Labute approximate surface area is 268 Å². The largest absolute Gasteiger partial charge is 0.404 e. The first-order chi connectivity index (χ1) is 20.0. The third kappa shape index (κ3) is 11.5. The third-order valence-corrected chi connectivity index (χ3v) is 9.53. The molecule has 246 valence electrons. The zero-order valence-electron chi connectivity index (χ0n) is 25.1. The molecule has 0 unspecified atom stereocenters. The summed E-state index contributed by atoms with van der Waals surface area (Å²) in [5, 5.41) is 1.85. The number of alkyl halides is 3. The van der Waals surface area contributed by atoms with Gasteiger partial charge in [-0.25, -0.2) is 13.4 Å². The van der Waals surface area contributed by atoms with Gasteiger partial charge in [-0.15, -0.1) is 11.3 Å². The number of Topliss-reactive ketones (excluding diaryl/α,β-unsaturated/α-hetero) is 1. The maximum Gasteiger partial charge on any atom is 0.404 e. The van der Waals surface area contributed by atoms with E-state index in [0.29, 0.717) is 10.6 Å². The van der Waals surface area contributed by atoms with Crippen LogP contribution in [-0.4, -0.2) is 62.7 Å². The number of halogens is 5. The number of ether oxygens (including phenoxy) is 1. The third-order valence-electron chi connectivity index (χ3n) is 5.89. The number of amides is 1. The molecule has 0 aliphatic rings. The smallest absolute Gasteiger partial charge is 0.378 e. The van der Waals surface area contributed by atoms with Gasteiger partial charge in [0.1, 0.15) is 10.9 Å². The molecule has 0 aliphatic heterocycles. The first kappa shape index (κ1) is 39.6. The maximum atomic E-state index is 13.2. The number of ketones is 1. The van der Waals surface area contributed by atoms with Crippen LogP contribution in [0.4, 0.5) is 13.2 Å². The lowest BCUT2D eigenvalue weighted by molar-refractivity contribution is -0.191. The normalized spacial score (nSPS) is 13.0. The molecule has 0 bridgehead atoms. The summed E-state index contributed by atoms with van der Waals surface area (Å²) in [5.41, 5.74) is -0.358. The SMILES string of the molecule is CC[C@H](NS(=O)(=O)c1ccc(-c2sc(C(=O)NCC(=O)CC(C)(C)C)nc2CC(C)(C)OC)c(Cl)c1Cl)C(F)(F)F.O=C=O.